The van der Waals surface area contributed by atoms with Crippen molar-refractivity contribution in [3.05, 3.63) is 35.1 Å². The van der Waals surface area contributed by atoms with Crippen molar-refractivity contribution in [2.24, 2.45) is 0 Å². The molecule has 19 heavy (non-hydrogen) atoms. The summed E-state index contributed by atoms with van der Waals surface area (Å²) in [5.41, 5.74) is 1.54. The monoisotopic (exact) mass is 266 g/mol. The van der Waals surface area contributed by atoms with Crippen LogP contribution in [0.2, 0.25) is 0 Å². The van der Waals surface area contributed by atoms with E-state index >= 15 is 0 Å². The Morgan fingerprint density at radius 2 is 2.11 bits per heavy atom. The van der Waals surface area contributed by atoms with Gasteiger partial charge in [-0.3, -0.25) is 4.90 Å². The second-order valence-electron chi connectivity index (χ2n) is 4.89. The number of nitrogens with one attached hydrogen (secondary N) is 1. The van der Waals surface area contributed by atoms with Crippen LogP contribution in [-0.2, 0) is 13.0 Å². The minimum absolute atomic E-state index is 0.234. The molecule has 0 unspecified atom stereocenters. The van der Waals surface area contributed by atoms with Crippen molar-refractivity contribution in [2.75, 3.05) is 19.6 Å². The molecule has 0 radical (unpaired) electrons. The van der Waals surface area contributed by atoms with Crippen LogP contribution < -0.4 is 5.32 Å². The van der Waals surface area contributed by atoms with E-state index in [2.05, 4.69) is 10.2 Å². The molecule has 0 spiro atoms. The van der Waals surface area contributed by atoms with Crippen molar-refractivity contribution in [1.82, 2.24) is 10.2 Å². The Morgan fingerprint density at radius 1 is 1.37 bits per heavy atom. The summed E-state index contributed by atoms with van der Waals surface area (Å²) >= 11 is 0. The Balaban J connectivity index is 1.90. The SMILES string of the molecule is O=C(O)NCCc1ccc(CN2CCCC2)cc1F. The highest BCUT2D eigenvalue weighted by atomic mass is 19.1. The Bertz CT molecular complexity index is 445. The van der Waals surface area contributed by atoms with Gasteiger partial charge in [0.2, 0.25) is 0 Å². The van der Waals surface area contributed by atoms with Crippen LogP contribution in [0.25, 0.3) is 0 Å². The van der Waals surface area contributed by atoms with Crippen molar-refractivity contribution >= 4 is 6.09 Å². The molecular formula is C14H19FN2O2. The van der Waals surface area contributed by atoms with Gasteiger partial charge in [0.05, 0.1) is 0 Å². The van der Waals surface area contributed by atoms with Crippen LogP contribution in [0.1, 0.15) is 24.0 Å². The van der Waals surface area contributed by atoms with Crippen LogP contribution in [0.5, 0.6) is 0 Å². The zero-order valence-electron chi connectivity index (χ0n) is 10.9. The van der Waals surface area contributed by atoms with Gasteiger partial charge in [-0.05, 0) is 49.5 Å². The second-order valence-corrected chi connectivity index (χ2v) is 4.89. The number of halogens is 1. The van der Waals surface area contributed by atoms with E-state index in [0.717, 1.165) is 25.2 Å². The standard InChI is InChI=1S/C14H19FN2O2/c15-13-9-11(10-17-7-1-2-8-17)3-4-12(13)5-6-16-14(18)19/h3-4,9,16H,1-2,5-8,10H2,(H,18,19). The molecule has 1 heterocycles. The quantitative estimate of drug-likeness (QED) is 0.859. The van der Waals surface area contributed by atoms with Gasteiger partial charge in [-0.2, -0.15) is 0 Å². The molecule has 0 aromatic heterocycles. The molecule has 2 rings (SSSR count). The Kier molecular flexibility index (Phi) is 4.74. The average molecular weight is 266 g/mol. The van der Waals surface area contributed by atoms with E-state index in [1.165, 1.54) is 12.8 Å². The van der Waals surface area contributed by atoms with Crippen molar-refractivity contribution in [2.45, 2.75) is 25.8 Å². The van der Waals surface area contributed by atoms with Crippen molar-refractivity contribution in [3.8, 4) is 0 Å². The Hall–Kier alpha value is -1.62. The van der Waals surface area contributed by atoms with Gasteiger partial charge in [0, 0.05) is 13.1 Å². The number of carboxylic acid groups (broad SMARTS) is 1. The number of likely N-dealkylation sites (tertiary alicyclic amines) is 1. The molecule has 1 fully saturated rings. The summed E-state index contributed by atoms with van der Waals surface area (Å²) in [4.78, 5) is 12.6. The van der Waals surface area contributed by atoms with Crippen LogP contribution in [0.15, 0.2) is 18.2 Å². The summed E-state index contributed by atoms with van der Waals surface area (Å²) in [5, 5.41) is 10.7. The van der Waals surface area contributed by atoms with Crippen molar-refractivity contribution in [3.63, 3.8) is 0 Å². The number of carbonyl (C=O) groups is 1. The zero-order valence-corrected chi connectivity index (χ0v) is 10.9. The summed E-state index contributed by atoms with van der Waals surface area (Å²) in [5.74, 6) is -0.246. The van der Waals surface area contributed by atoms with E-state index in [4.69, 9.17) is 5.11 Å². The van der Waals surface area contributed by atoms with Crippen molar-refractivity contribution in [1.29, 1.82) is 0 Å². The van der Waals surface area contributed by atoms with E-state index in [0.29, 0.717) is 12.0 Å². The molecule has 1 aromatic rings. The highest BCUT2D eigenvalue weighted by molar-refractivity contribution is 5.64. The Labute approximate surface area is 112 Å². The molecule has 4 nitrogen and oxygen atoms in total. The van der Waals surface area contributed by atoms with Gasteiger partial charge in [-0.1, -0.05) is 12.1 Å². The topological polar surface area (TPSA) is 52.6 Å². The van der Waals surface area contributed by atoms with Crippen LogP contribution in [0, 0.1) is 5.82 Å². The molecular weight excluding hydrogens is 247 g/mol. The second kappa shape index (κ2) is 6.52. The number of hydrogen-bond donors (Lipinski definition) is 2. The van der Waals surface area contributed by atoms with Crippen LogP contribution in [-0.4, -0.2) is 35.7 Å². The maximum atomic E-state index is 13.9. The maximum Gasteiger partial charge on any atom is 0.404 e. The molecule has 0 aliphatic carbocycles. The van der Waals surface area contributed by atoms with Gasteiger partial charge in [0.1, 0.15) is 5.82 Å². The first-order valence-corrected chi connectivity index (χ1v) is 6.61. The molecule has 0 bridgehead atoms. The first-order valence-electron chi connectivity index (χ1n) is 6.61. The highest BCUT2D eigenvalue weighted by Crippen LogP contribution is 2.16. The molecule has 5 heteroatoms. The number of benzene rings is 1. The molecule has 104 valence electrons. The normalized spacial score (nSPS) is 15.6. The minimum Gasteiger partial charge on any atom is -0.465 e. The first-order chi connectivity index (χ1) is 9.15. The smallest absolute Gasteiger partial charge is 0.404 e. The third-order valence-electron chi connectivity index (χ3n) is 3.39. The molecule has 1 amide bonds. The molecule has 1 aliphatic rings. The number of nitrogens with zero attached hydrogens (tertiary/aromatic N) is 1. The maximum absolute atomic E-state index is 13.9. The van der Waals surface area contributed by atoms with Gasteiger partial charge in [0.15, 0.2) is 0 Å². The fourth-order valence-electron chi connectivity index (χ4n) is 2.39. The van der Waals surface area contributed by atoms with Crippen molar-refractivity contribution < 1.29 is 14.3 Å². The molecule has 1 saturated heterocycles. The van der Waals surface area contributed by atoms with E-state index in [1.54, 1.807) is 12.1 Å². The first kappa shape index (κ1) is 13.8. The molecule has 0 atom stereocenters. The summed E-state index contributed by atoms with van der Waals surface area (Å²) in [6, 6.07) is 5.25. The highest BCUT2D eigenvalue weighted by Gasteiger charge is 2.12. The largest absolute Gasteiger partial charge is 0.465 e. The average Bonchev–Trinajstić information content (AvgIpc) is 2.84. The third kappa shape index (κ3) is 4.21. The van der Waals surface area contributed by atoms with Gasteiger partial charge in [-0.25, -0.2) is 9.18 Å². The summed E-state index contributed by atoms with van der Waals surface area (Å²) in [6.07, 6.45) is 1.75. The van der Waals surface area contributed by atoms with Crippen LogP contribution in [0.4, 0.5) is 9.18 Å². The predicted molar refractivity (Wildman–Crippen MR) is 70.6 cm³/mol. The molecule has 1 aliphatic heterocycles. The van der Waals surface area contributed by atoms with Gasteiger partial charge in [0.25, 0.3) is 0 Å². The van der Waals surface area contributed by atoms with E-state index in [9.17, 15) is 9.18 Å². The minimum atomic E-state index is -1.08. The summed E-state index contributed by atoms with van der Waals surface area (Å²) in [6.45, 7) is 3.21. The number of hydrogen-bond acceptors (Lipinski definition) is 2. The molecule has 1 aromatic carbocycles. The van der Waals surface area contributed by atoms with Crippen LogP contribution >= 0.6 is 0 Å². The van der Waals surface area contributed by atoms with E-state index in [-0.39, 0.29) is 12.4 Å². The summed E-state index contributed by atoms with van der Waals surface area (Å²) in [7, 11) is 0. The van der Waals surface area contributed by atoms with Gasteiger partial charge >= 0.3 is 6.09 Å². The van der Waals surface area contributed by atoms with E-state index in [1.807, 2.05) is 6.07 Å². The van der Waals surface area contributed by atoms with Crippen LogP contribution in [0.3, 0.4) is 0 Å². The van der Waals surface area contributed by atoms with Gasteiger partial charge < -0.3 is 10.4 Å². The lowest BCUT2D eigenvalue weighted by Crippen LogP contribution is -2.23. The predicted octanol–water partition coefficient (Wildman–Crippen LogP) is 2.23. The lowest BCUT2D eigenvalue weighted by molar-refractivity contribution is 0.194. The summed E-state index contributed by atoms with van der Waals surface area (Å²) < 4.78 is 13.9. The lowest BCUT2D eigenvalue weighted by Gasteiger charge is -2.15. The fourth-order valence-corrected chi connectivity index (χ4v) is 2.39. The fraction of sp³-hybridized carbons (Fsp3) is 0.500. The number of amides is 1. The Morgan fingerprint density at radius 3 is 2.74 bits per heavy atom. The lowest BCUT2D eigenvalue weighted by atomic mass is 10.1. The number of rotatable bonds is 5. The molecule has 2 N–H and O–H groups in total. The molecule has 0 saturated carbocycles. The zero-order chi connectivity index (χ0) is 13.7. The van der Waals surface area contributed by atoms with Gasteiger partial charge in [-0.15, -0.1) is 0 Å². The van der Waals surface area contributed by atoms with E-state index < -0.39 is 6.09 Å². The third-order valence-corrected chi connectivity index (χ3v) is 3.39.